The maximum atomic E-state index is 13.1. The van der Waals surface area contributed by atoms with Crippen LogP contribution in [0.1, 0.15) is 19.8 Å². The number of ether oxygens (including phenoxy) is 2. The average Bonchev–Trinajstić information content (AvgIpc) is 2.81. The zero-order valence-corrected chi connectivity index (χ0v) is 19.7. The van der Waals surface area contributed by atoms with E-state index in [0.29, 0.717) is 43.1 Å². The van der Waals surface area contributed by atoms with Crippen molar-refractivity contribution in [2.24, 2.45) is 5.92 Å². The van der Waals surface area contributed by atoms with Gasteiger partial charge in [0.25, 0.3) is 10.0 Å². The third-order valence-electron chi connectivity index (χ3n) is 5.41. The van der Waals surface area contributed by atoms with Crippen LogP contribution in [0.15, 0.2) is 47.4 Å². The predicted octanol–water partition coefficient (Wildman–Crippen LogP) is 3.18. The van der Waals surface area contributed by atoms with E-state index >= 15 is 0 Å². The van der Waals surface area contributed by atoms with Gasteiger partial charge in [-0.15, -0.1) is 6.42 Å². The Morgan fingerprint density at radius 1 is 1.15 bits per heavy atom. The van der Waals surface area contributed by atoms with E-state index in [0.717, 1.165) is 13.1 Å². The molecule has 2 aromatic rings. The number of carbonyl (C=O) groups is 1. The molecular weight excluding hydrogens is 442 g/mol. The Balaban J connectivity index is 1.73. The number of anilines is 2. The minimum atomic E-state index is -3.97. The fourth-order valence-electron chi connectivity index (χ4n) is 3.69. The van der Waals surface area contributed by atoms with E-state index in [9.17, 15) is 13.2 Å². The molecule has 1 amide bonds. The van der Waals surface area contributed by atoms with Crippen LogP contribution in [0.4, 0.5) is 11.4 Å². The minimum absolute atomic E-state index is 0.0690. The van der Waals surface area contributed by atoms with Crippen LogP contribution in [-0.2, 0) is 14.8 Å². The van der Waals surface area contributed by atoms with Crippen molar-refractivity contribution in [3.8, 4) is 23.8 Å². The number of piperidine rings is 1. The van der Waals surface area contributed by atoms with Crippen LogP contribution in [0.5, 0.6) is 11.5 Å². The summed E-state index contributed by atoms with van der Waals surface area (Å²) in [5, 5.41) is 2.85. The van der Waals surface area contributed by atoms with Crippen LogP contribution in [0, 0.1) is 18.3 Å². The molecule has 2 N–H and O–H groups in total. The maximum absolute atomic E-state index is 13.1. The second kappa shape index (κ2) is 11.1. The van der Waals surface area contributed by atoms with Gasteiger partial charge >= 0.3 is 0 Å². The van der Waals surface area contributed by atoms with Gasteiger partial charge in [0, 0.05) is 17.3 Å². The van der Waals surface area contributed by atoms with Crippen LogP contribution >= 0.6 is 0 Å². The van der Waals surface area contributed by atoms with E-state index in [2.05, 4.69) is 20.9 Å². The quantitative estimate of drug-likeness (QED) is 0.546. The molecule has 176 valence electrons. The van der Waals surface area contributed by atoms with Gasteiger partial charge < -0.3 is 14.8 Å². The van der Waals surface area contributed by atoms with Gasteiger partial charge in [0.05, 0.1) is 20.3 Å². The molecule has 0 saturated carbocycles. The molecule has 0 unspecified atom stereocenters. The number of methoxy groups -OCH3 is 1. The van der Waals surface area contributed by atoms with Gasteiger partial charge in [0.2, 0.25) is 5.91 Å². The normalized spacial score (nSPS) is 14.8. The van der Waals surface area contributed by atoms with E-state index in [1.807, 2.05) is 6.92 Å². The number of nitrogens with zero attached hydrogens (tertiary/aromatic N) is 1. The molecule has 1 heterocycles. The van der Waals surface area contributed by atoms with E-state index in [1.165, 1.54) is 19.2 Å². The lowest BCUT2D eigenvalue weighted by atomic mass is 9.96. The molecular formula is C24H29N3O5S. The Labute approximate surface area is 195 Å². The molecule has 0 spiro atoms. The van der Waals surface area contributed by atoms with E-state index in [4.69, 9.17) is 15.9 Å². The molecule has 2 aromatic carbocycles. The molecule has 9 heteroatoms. The number of amides is 1. The van der Waals surface area contributed by atoms with Crippen molar-refractivity contribution in [3.05, 3.63) is 42.5 Å². The fourth-order valence-corrected chi connectivity index (χ4v) is 4.94. The molecule has 3 rings (SSSR count). The van der Waals surface area contributed by atoms with Crippen molar-refractivity contribution in [2.45, 2.75) is 24.7 Å². The summed E-state index contributed by atoms with van der Waals surface area (Å²) >= 11 is 0. The number of likely N-dealkylation sites (tertiary alicyclic amines) is 1. The van der Waals surface area contributed by atoms with Crippen LogP contribution in [-0.4, -0.2) is 52.6 Å². The highest BCUT2D eigenvalue weighted by atomic mass is 32.2. The van der Waals surface area contributed by atoms with Gasteiger partial charge in [0.15, 0.2) is 0 Å². The lowest BCUT2D eigenvalue weighted by Gasteiger charge is -2.29. The lowest BCUT2D eigenvalue weighted by molar-refractivity contribution is -0.121. The number of hydrogen-bond acceptors (Lipinski definition) is 6. The molecule has 0 radical (unpaired) electrons. The van der Waals surface area contributed by atoms with E-state index in [1.54, 1.807) is 30.3 Å². The van der Waals surface area contributed by atoms with Crippen molar-refractivity contribution < 1.29 is 22.7 Å². The highest BCUT2D eigenvalue weighted by Crippen LogP contribution is 2.30. The van der Waals surface area contributed by atoms with Crippen LogP contribution < -0.4 is 19.5 Å². The van der Waals surface area contributed by atoms with Crippen molar-refractivity contribution in [2.75, 3.05) is 43.4 Å². The highest BCUT2D eigenvalue weighted by Gasteiger charge is 2.26. The van der Waals surface area contributed by atoms with Gasteiger partial charge in [0.1, 0.15) is 16.4 Å². The topological polar surface area (TPSA) is 97.0 Å². The van der Waals surface area contributed by atoms with Crippen molar-refractivity contribution in [3.63, 3.8) is 0 Å². The van der Waals surface area contributed by atoms with Gasteiger partial charge in [-0.2, -0.15) is 0 Å². The monoisotopic (exact) mass is 471 g/mol. The Kier molecular flexibility index (Phi) is 8.20. The summed E-state index contributed by atoms with van der Waals surface area (Å²) in [7, 11) is -2.57. The number of nitrogens with one attached hydrogen (secondary N) is 2. The summed E-state index contributed by atoms with van der Waals surface area (Å²) in [4.78, 5) is 14.8. The van der Waals surface area contributed by atoms with Crippen molar-refractivity contribution in [1.82, 2.24) is 4.90 Å². The van der Waals surface area contributed by atoms with E-state index < -0.39 is 10.0 Å². The first-order valence-corrected chi connectivity index (χ1v) is 12.2. The maximum Gasteiger partial charge on any atom is 0.265 e. The summed E-state index contributed by atoms with van der Waals surface area (Å²) < 4.78 is 39.3. The van der Waals surface area contributed by atoms with Crippen molar-refractivity contribution in [1.29, 1.82) is 0 Å². The van der Waals surface area contributed by atoms with Gasteiger partial charge in [-0.25, -0.2) is 8.42 Å². The number of sulfonamides is 1. The summed E-state index contributed by atoms with van der Waals surface area (Å²) in [5.74, 6) is 3.16. The lowest BCUT2D eigenvalue weighted by Crippen LogP contribution is -2.38. The summed E-state index contributed by atoms with van der Waals surface area (Å²) in [6.07, 6.45) is 6.76. The third-order valence-corrected chi connectivity index (χ3v) is 6.81. The van der Waals surface area contributed by atoms with Crippen molar-refractivity contribution >= 4 is 27.3 Å². The Hall–Kier alpha value is -3.22. The Morgan fingerprint density at radius 2 is 1.82 bits per heavy atom. The number of benzene rings is 2. The molecule has 0 atom stereocenters. The number of carbonyl (C=O) groups excluding carboxylic acids is 1. The molecule has 0 aliphatic carbocycles. The molecule has 33 heavy (non-hydrogen) atoms. The zero-order valence-electron chi connectivity index (χ0n) is 18.8. The molecule has 1 aliphatic heterocycles. The summed E-state index contributed by atoms with van der Waals surface area (Å²) in [6, 6.07) is 11.2. The molecule has 0 aromatic heterocycles. The molecule has 1 saturated heterocycles. The first kappa shape index (κ1) is 24.4. The SMILES string of the molecule is C#CCN1CCC(C(=O)Nc2ccc(OC)c(S(=O)(=O)Nc3ccc(OCC)cc3)c2)CC1. The number of rotatable bonds is 9. The molecule has 1 aliphatic rings. The number of terminal acetylenes is 1. The first-order valence-electron chi connectivity index (χ1n) is 10.8. The molecule has 0 bridgehead atoms. The standard InChI is InChI=1S/C24H29N3O5S/c1-4-14-27-15-12-18(13-16-27)24(28)25-20-8-11-22(31-3)23(17-20)33(29,30)26-19-6-9-21(10-7-19)32-5-2/h1,6-11,17-18,26H,5,12-16H2,2-3H3,(H,25,28). The Morgan fingerprint density at radius 3 is 2.42 bits per heavy atom. The van der Waals surface area contributed by atoms with Gasteiger partial charge in [-0.3, -0.25) is 14.4 Å². The summed E-state index contributed by atoms with van der Waals surface area (Å²) in [6.45, 7) is 4.49. The van der Waals surface area contributed by atoms with Crippen LogP contribution in [0.25, 0.3) is 0 Å². The molecule has 8 nitrogen and oxygen atoms in total. The molecule has 1 fully saturated rings. The second-order valence-corrected chi connectivity index (χ2v) is 9.32. The third kappa shape index (κ3) is 6.40. The second-order valence-electron chi connectivity index (χ2n) is 7.67. The van der Waals surface area contributed by atoms with Crippen LogP contribution in [0.3, 0.4) is 0 Å². The van der Waals surface area contributed by atoms with Gasteiger partial charge in [-0.05, 0) is 75.3 Å². The average molecular weight is 472 g/mol. The number of hydrogen-bond donors (Lipinski definition) is 2. The van der Waals surface area contributed by atoms with Crippen LogP contribution in [0.2, 0.25) is 0 Å². The predicted molar refractivity (Wildman–Crippen MR) is 128 cm³/mol. The first-order chi connectivity index (χ1) is 15.9. The largest absolute Gasteiger partial charge is 0.495 e. The summed E-state index contributed by atoms with van der Waals surface area (Å²) in [5.41, 5.74) is 0.771. The zero-order chi connectivity index (χ0) is 23.8. The van der Waals surface area contributed by atoms with E-state index in [-0.39, 0.29) is 22.5 Å². The fraction of sp³-hybridized carbons (Fsp3) is 0.375. The Bertz CT molecular complexity index is 1100. The smallest absolute Gasteiger partial charge is 0.265 e. The minimum Gasteiger partial charge on any atom is -0.495 e. The van der Waals surface area contributed by atoms with Gasteiger partial charge in [-0.1, -0.05) is 5.92 Å². The highest BCUT2D eigenvalue weighted by molar-refractivity contribution is 7.92.